The van der Waals surface area contributed by atoms with Crippen LogP contribution in [0.4, 0.5) is 0 Å². The summed E-state index contributed by atoms with van der Waals surface area (Å²) < 4.78 is 5.42. The van der Waals surface area contributed by atoms with E-state index in [-0.39, 0.29) is 18.2 Å². The molecule has 0 saturated heterocycles. The fraction of sp³-hybridized carbons (Fsp3) is 0.500. The first kappa shape index (κ1) is 15.4. The first-order valence-corrected chi connectivity index (χ1v) is 7.12. The molecule has 0 saturated carbocycles. The summed E-state index contributed by atoms with van der Waals surface area (Å²) >= 11 is 0. The lowest BCUT2D eigenvalue weighted by Gasteiger charge is -2.33. The number of ether oxygens (including phenoxy) is 1. The number of amides is 1. The van der Waals surface area contributed by atoms with Gasteiger partial charge in [0.1, 0.15) is 5.75 Å². The van der Waals surface area contributed by atoms with E-state index in [1.165, 1.54) is 0 Å². The van der Waals surface area contributed by atoms with Crippen LogP contribution >= 0.6 is 0 Å². The summed E-state index contributed by atoms with van der Waals surface area (Å²) in [7, 11) is 0. The Hall–Kier alpha value is -2.04. The minimum atomic E-state index is -0.922. The van der Waals surface area contributed by atoms with Crippen LogP contribution in [0.25, 0.3) is 0 Å². The average Bonchev–Trinajstić information content (AvgIpc) is 2.84. The van der Waals surface area contributed by atoms with Gasteiger partial charge in [-0.25, -0.2) is 0 Å². The summed E-state index contributed by atoms with van der Waals surface area (Å²) in [6, 6.07) is 5.32. The smallest absolute Gasteiger partial charge is 0.305 e. The number of rotatable bonds is 5. The minimum Gasteiger partial charge on any atom is -0.493 e. The van der Waals surface area contributed by atoms with E-state index in [0.29, 0.717) is 12.2 Å². The number of carbonyl (C=O) groups excluding carboxylic acids is 1. The topological polar surface area (TPSA) is 75.6 Å². The van der Waals surface area contributed by atoms with Crippen molar-refractivity contribution < 1.29 is 19.4 Å². The van der Waals surface area contributed by atoms with Gasteiger partial charge in [0.05, 0.1) is 18.6 Å². The molecule has 5 heteroatoms. The van der Waals surface area contributed by atoms with Crippen molar-refractivity contribution in [2.75, 3.05) is 6.61 Å². The van der Waals surface area contributed by atoms with Crippen LogP contribution in [0, 0.1) is 5.92 Å². The summed E-state index contributed by atoms with van der Waals surface area (Å²) in [5.41, 5.74) is 0.780. The van der Waals surface area contributed by atoms with Gasteiger partial charge in [0.15, 0.2) is 0 Å². The molecule has 0 spiro atoms. The highest BCUT2D eigenvalue weighted by molar-refractivity contribution is 5.95. The molecule has 114 valence electrons. The minimum absolute atomic E-state index is 0.00955. The van der Waals surface area contributed by atoms with E-state index in [0.717, 1.165) is 17.7 Å². The van der Waals surface area contributed by atoms with E-state index in [2.05, 4.69) is 5.32 Å². The largest absolute Gasteiger partial charge is 0.493 e. The van der Waals surface area contributed by atoms with Crippen molar-refractivity contribution in [2.24, 2.45) is 5.92 Å². The fourth-order valence-corrected chi connectivity index (χ4v) is 2.37. The van der Waals surface area contributed by atoms with Crippen molar-refractivity contribution >= 4 is 11.9 Å². The molecule has 2 rings (SSSR count). The van der Waals surface area contributed by atoms with E-state index in [1.807, 2.05) is 19.9 Å². The maximum atomic E-state index is 12.4. The molecular formula is C16H21NO4. The number of nitrogens with one attached hydrogen (secondary N) is 1. The van der Waals surface area contributed by atoms with Crippen molar-refractivity contribution in [1.29, 1.82) is 0 Å². The molecule has 1 amide bonds. The zero-order valence-electron chi connectivity index (χ0n) is 12.6. The predicted octanol–water partition coefficient (Wildman–Crippen LogP) is 2.24. The molecule has 5 nitrogen and oxygen atoms in total. The second kappa shape index (κ2) is 5.76. The molecule has 1 heterocycles. The van der Waals surface area contributed by atoms with Crippen molar-refractivity contribution in [2.45, 2.75) is 39.2 Å². The highest BCUT2D eigenvalue weighted by Gasteiger charge is 2.33. The van der Waals surface area contributed by atoms with Gasteiger partial charge in [-0.3, -0.25) is 9.59 Å². The van der Waals surface area contributed by atoms with Crippen LogP contribution in [-0.4, -0.2) is 29.1 Å². The van der Waals surface area contributed by atoms with Crippen molar-refractivity contribution in [3.63, 3.8) is 0 Å². The van der Waals surface area contributed by atoms with Gasteiger partial charge >= 0.3 is 5.97 Å². The summed E-state index contributed by atoms with van der Waals surface area (Å²) in [5.74, 6) is -0.338. The number of aliphatic carboxylic acids is 1. The lowest BCUT2D eigenvalue weighted by molar-refractivity contribution is -0.138. The van der Waals surface area contributed by atoms with Crippen LogP contribution < -0.4 is 10.1 Å². The zero-order valence-corrected chi connectivity index (χ0v) is 12.6. The molecule has 0 fully saturated rings. The maximum Gasteiger partial charge on any atom is 0.305 e. The van der Waals surface area contributed by atoms with Gasteiger partial charge in [-0.1, -0.05) is 13.8 Å². The Balaban J connectivity index is 2.17. The predicted molar refractivity (Wildman–Crippen MR) is 78.6 cm³/mol. The van der Waals surface area contributed by atoms with Gasteiger partial charge in [0.25, 0.3) is 5.91 Å². The van der Waals surface area contributed by atoms with E-state index in [9.17, 15) is 9.59 Å². The van der Waals surface area contributed by atoms with Crippen LogP contribution in [0.2, 0.25) is 0 Å². The molecule has 0 radical (unpaired) electrons. The lowest BCUT2D eigenvalue weighted by Crippen LogP contribution is -2.51. The van der Waals surface area contributed by atoms with Crippen LogP contribution in [0.1, 0.15) is 43.1 Å². The molecule has 0 bridgehead atoms. The van der Waals surface area contributed by atoms with E-state index < -0.39 is 11.5 Å². The number of carboxylic acids is 1. The Morgan fingerprint density at radius 1 is 1.43 bits per heavy atom. The number of carboxylic acid groups (broad SMARTS) is 1. The molecule has 1 aromatic rings. The molecular weight excluding hydrogens is 270 g/mol. The molecule has 1 aromatic carbocycles. The van der Waals surface area contributed by atoms with Gasteiger partial charge in [-0.15, -0.1) is 0 Å². The molecule has 0 aliphatic carbocycles. The van der Waals surface area contributed by atoms with E-state index >= 15 is 0 Å². The molecule has 21 heavy (non-hydrogen) atoms. The SMILES string of the molecule is CC(C)C(C)(CC(=O)O)NC(=O)c1ccc2c(c1)CCO2. The second-order valence-corrected chi connectivity index (χ2v) is 6.02. The van der Waals surface area contributed by atoms with Crippen molar-refractivity contribution in [3.05, 3.63) is 29.3 Å². The monoisotopic (exact) mass is 291 g/mol. The van der Waals surface area contributed by atoms with E-state index in [4.69, 9.17) is 9.84 Å². The summed E-state index contributed by atoms with van der Waals surface area (Å²) in [4.78, 5) is 23.4. The Morgan fingerprint density at radius 3 is 2.76 bits per heavy atom. The Kier molecular flexibility index (Phi) is 4.21. The lowest BCUT2D eigenvalue weighted by atomic mass is 9.85. The summed E-state index contributed by atoms with van der Waals surface area (Å²) in [5, 5.41) is 11.9. The third-order valence-electron chi connectivity index (χ3n) is 4.14. The van der Waals surface area contributed by atoms with Crippen molar-refractivity contribution in [1.82, 2.24) is 5.32 Å². The van der Waals surface area contributed by atoms with Crippen LogP contribution in [-0.2, 0) is 11.2 Å². The van der Waals surface area contributed by atoms with Gasteiger partial charge in [-0.05, 0) is 36.6 Å². The molecule has 0 aromatic heterocycles. The molecule has 1 aliphatic heterocycles. The highest BCUT2D eigenvalue weighted by atomic mass is 16.5. The Morgan fingerprint density at radius 2 is 2.14 bits per heavy atom. The average molecular weight is 291 g/mol. The summed E-state index contributed by atoms with van der Waals surface area (Å²) in [6.07, 6.45) is 0.692. The van der Waals surface area contributed by atoms with E-state index in [1.54, 1.807) is 19.1 Å². The highest BCUT2D eigenvalue weighted by Crippen LogP contribution is 2.27. The number of benzene rings is 1. The van der Waals surface area contributed by atoms with Gasteiger partial charge < -0.3 is 15.2 Å². The first-order valence-electron chi connectivity index (χ1n) is 7.12. The maximum absolute atomic E-state index is 12.4. The first-order chi connectivity index (χ1) is 9.82. The number of fused-ring (bicyclic) bond motifs is 1. The van der Waals surface area contributed by atoms with Crippen LogP contribution in [0.15, 0.2) is 18.2 Å². The fourth-order valence-electron chi connectivity index (χ4n) is 2.37. The molecule has 2 N–H and O–H groups in total. The molecule has 1 aliphatic rings. The molecule has 1 unspecified atom stereocenters. The zero-order chi connectivity index (χ0) is 15.6. The number of hydrogen-bond acceptors (Lipinski definition) is 3. The van der Waals surface area contributed by atoms with Crippen LogP contribution in [0.5, 0.6) is 5.75 Å². The van der Waals surface area contributed by atoms with Gasteiger partial charge in [-0.2, -0.15) is 0 Å². The van der Waals surface area contributed by atoms with Gasteiger partial charge in [0.2, 0.25) is 0 Å². The number of hydrogen-bond donors (Lipinski definition) is 2. The second-order valence-electron chi connectivity index (χ2n) is 6.02. The number of carbonyl (C=O) groups is 2. The quantitative estimate of drug-likeness (QED) is 0.872. The van der Waals surface area contributed by atoms with Crippen LogP contribution in [0.3, 0.4) is 0 Å². The Bertz CT molecular complexity index is 567. The van der Waals surface area contributed by atoms with Crippen molar-refractivity contribution in [3.8, 4) is 5.75 Å². The summed E-state index contributed by atoms with van der Waals surface area (Å²) in [6.45, 7) is 6.21. The Labute approximate surface area is 124 Å². The van der Waals surface area contributed by atoms with Gasteiger partial charge in [0, 0.05) is 12.0 Å². The standard InChI is InChI=1S/C16H21NO4/c1-10(2)16(3,9-14(18)19)17-15(20)12-4-5-13-11(8-12)6-7-21-13/h4-5,8,10H,6-7,9H2,1-3H3,(H,17,20)(H,18,19). The third-order valence-corrected chi connectivity index (χ3v) is 4.14. The molecule has 1 atom stereocenters. The third kappa shape index (κ3) is 3.35. The normalized spacial score (nSPS) is 16.0.